The number of piperidine rings is 1. The van der Waals surface area contributed by atoms with Gasteiger partial charge in [0.2, 0.25) is 10.0 Å². The van der Waals surface area contributed by atoms with Gasteiger partial charge in [-0.1, -0.05) is 12.1 Å². The number of aromatic amines is 1. The number of sulfonamides is 1. The number of nitrogens with one attached hydrogen (secondary N) is 1. The second kappa shape index (κ2) is 6.10. The molecule has 0 radical (unpaired) electrons. The van der Waals surface area contributed by atoms with Crippen LogP contribution < -0.4 is 0 Å². The normalized spacial score (nSPS) is 17.0. The summed E-state index contributed by atoms with van der Waals surface area (Å²) in [5.74, 6) is 1.67. The van der Waals surface area contributed by atoms with Gasteiger partial charge in [-0.25, -0.2) is 13.4 Å². The molecule has 2 aromatic rings. The summed E-state index contributed by atoms with van der Waals surface area (Å²) >= 11 is 0. The molecule has 8 heteroatoms. The minimum Gasteiger partial charge on any atom is -0.263 e. The molecule has 1 aliphatic rings. The topological polar surface area (TPSA) is 103 Å². The molecule has 1 aliphatic heterocycles. The van der Waals surface area contributed by atoms with E-state index in [1.54, 1.807) is 12.1 Å². The van der Waals surface area contributed by atoms with E-state index in [1.807, 2.05) is 13.0 Å². The Labute approximate surface area is 135 Å². The van der Waals surface area contributed by atoms with Crippen LogP contribution in [0.2, 0.25) is 0 Å². The van der Waals surface area contributed by atoms with Gasteiger partial charge in [-0.3, -0.25) is 5.10 Å². The number of hydrogen-bond acceptors (Lipinski definition) is 5. The van der Waals surface area contributed by atoms with E-state index in [0.29, 0.717) is 25.9 Å². The molecule has 1 aromatic carbocycles. The molecule has 0 aliphatic carbocycles. The Morgan fingerprint density at radius 1 is 1.30 bits per heavy atom. The summed E-state index contributed by atoms with van der Waals surface area (Å²) in [6.45, 7) is 2.65. The molecule has 3 rings (SSSR count). The Balaban J connectivity index is 1.78. The molecule has 0 unspecified atom stereocenters. The van der Waals surface area contributed by atoms with Gasteiger partial charge in [-0.2, -0.15) is 14.7 Å². The number of H-pyrrole nitrogens is 1. The van der Waals surface area contributed by atoms with Crippen molar-refractivity contribution in [3.63, 3.8) is 0 Å². The number of rotatable bonds is 3. The summed E-state index contributed by atoms with van der Waals surface area (Å²) < 4.78 is 26.9. The second-order valence-electron chi connectivity index (χ2n) is 5.57. The van der Waals surface area contributed by atoms with Crippen LogP contribution in [-0.2, 0) is 10.0 Å². The van der Waals surface area contributed by atoms with Crippen molar-refractivity contribution in [2.75, 3.05) is 13.1 Å². The zero-order valence-corrected chi connectivity index (χ0v) is 13.5. The Morgan fingerprint density at radius 2 is 2.00 bits per heavy atom. The van der Waals surface area contributed by atoms with Crippen molar-refractivity contribution >= 4 is 10.0 Å². The van der Waals surface area contributed by atoms with Crippen molar-refractivity contribution in [2.24, 2.45) is 0 Å². The summed E-state index contributed by atoms with van der Waals surface area (Å²) in [7, 11) is -3.64. The van der Waals surface area contributed by atoms with Crippen molar-refractivity contribution in [1.29, 1.82) is 5.26 Å². The molecule has 0 amide bonds. The fraction of sp³-hybridized carbons (Fsp3) is 0.400. The van der Waals surface area contributed by atoms with E-state index in [4.69, 9.17) is 5.26 Å². The second-order valence-corrected chi connectivity index (χ2v) is 7.47. The monoisotopic (exact) mass is 331 g/mol. The Bertz CT molecular complexity index is 845. The van der Waals surface area contributed by atoms with Gasteiger partial charge in [0.05, 0.1) is 10.5 Å². The number of benzene rings is 1. The molecule has 1 fully saturated rings. The van der Waals surface area contributed by atoms with Crippen LogP contribution in [-0.4, -0.2) is 41.0 Å². The predicted molar refractivity (Wildman–Crippen MR) is 83.0 cm³/mol. The third kappa shape index (κ3) is 2.98. The van der Waals surface area contributed by atoms with Crippen LogP contribution in [0.3, 0.4) is 0 Å². The van der Waals surface area contributed by atoms with Crippen molar-refractivity contribution in [2.45, 2.75) is 30.6 Å². The van der Waals surface area contributed by atoms with Crippen LogP contribution >= 0.6 is 0 Å². The number of nitrogens with zero attached hydrogens (tertiary/aromatic N) is 4. The maximum absolute atomic E-state index is 12.8. The molecular formula is C15H17N5O2S. The summed E-state index contributed by atoms with van der Waals surface area (Å²) in [6, 6.07) is 8.25. The van der Waals surface area contributed by atoms with E-state index in [2.05, 4.69) is 15.2 Å². The minimum atomic E-state index is -3.64. The average molecular weight is 331 g/mol. The molecular weight excluding hydrogens is 314 g/mol. The SMILES string of the molecule is Cc1nc(C2CCN(S(=O)(=O)c3ccccc3C#N)CC2)n[nH]1. The van der Waals surface area contributed by atoms with E-state index in [9.17, 15) is 8.42 Å². The van der Waals surface area contributed by atoms with Crippen LogP contribution in [0.1, 0.15) is 36.0 Å². The highest BCUT2D eigenvalue weighted by molar-refractivity contribution is 7.89. The number of hydrogen-bond donors (Lipinski definition) is 1. The summed E-state index contributed by atoms with van der Waals surface area (Å²) in [4.78, 5) is 4.41. The predicted octanol–water partition coefficient (Wildman–Crippen LogP) is 1.55. The van der Waals surface area contributed by atoms with Gasteiger partial charge in [0.15, 0.2) is 5.82 Å². The number of aromatic nitrogens is 3. The molecule has 23 heavy (non-hydrogen) atoms. The first-order chi connectivity index (χ1) is 11.0. The standard InChI is InChI=1S/C15H17N5O2S/c1-11-17-15(19-18-11)12-6-8-20(9-7-12)23(21,22)14-5-3-2-4-13(14)10-16/h2-5,12H,6-9H2,1H3,(H,17,18,19). The third-order valence-electron chi connectivity index (χ3n) is 4.06. The lowest BCUT2D eigenvalue weighted by atomic mass is 9.98. The molecule has 120 valence electrons. The molecule has 0 saturated carbocycles. The highest BCUT2D eigenvalue weighted by Gasteiger charge is 2.32. The first-order valence-electron chi connectivity index (χ1n) is 7.40. The molecule has 1 aromatic heterocycles. The van der Waals surface area contributed by atoms with Gasteiger partial charge in [0.25, 0.3) is 0 Å². The maximum atomic E-state index is 12.8. The summed E-state index contributed by atoms with van der Waals surface area (Å²) in [6.07, 6.45) is 1.34. The zero-order chi connectivity index (χ0) is 16.4. The fourth-order valence-corrected chi connectivity index (χ4v) is 4.43. The number of aryl methyl sites for hydroxylation is 1. The average Bonchev–Trinajstić information content (AvgIpc) is 3.01. The van der Waals surface area contributed by atoms with Gasteiger partial charge in [-0.05, 0) is 31.9 Å². The summed E-state index contributed by atoms with van der Waals surface area (Å²) in [5.41, 5.74) is 0.180. The van der Waals surface area contributed by atoms with Crippen molar-refractivity contribution in [3.8, 4) is 6.07 Å². The number of nitriles is 1. The van der Waals surface area contributed by atoms with Gasteiger partial charge >= 0.3 is 0 Å². The molecule has 1 N–H and O–H groups in total. The molecule has 0 atom stereocenters. The fourth-order valence-electron chi connectivity index (χ4n) is 2.82. The molecule has 2 heterocycles. The first kappa shape index (κ1) is 15.6. The van der Waals surface area contributed by atoms with Crippen LogP contribution in [0.25, 0.3) is 0 Å². The van der Waals surface area contributed by atoms with E-state index in [0.717, 1.165) is 11.6 Å². The van der Waals surface area contributed by atoms with Crippen LogP contribution in [0.5, 0.6) is 0 Å². The molecule has 1 saturated heterocycles. The molecule has 0 spiro atoms. The highest BCUT2D eigenvalue weighted by Crippen LogP contribution is 2.29. The molecule has 7 nitrogen and oxygen atoms in total. The lowest BCUT2D eigenvalue weighted by Gasteiger charge is -2.30. The quantitative estimate of drug-likeness (QED) is 0.919. The maximum Gasteiger partial charge on any atom is 0.244 e. The smallest absolute Gasteiger partial charge is 0.244 e. The van der Waals surface area contributed by atoms with Crippen molar-refractivity contribution < 1.29 is 8.42 Å². The zero-order valence-electron chi connectivity index (χ0n) is 12.7. The van der Waals surface area contributed by atoms with Crippen molar-refractivity contribution in [1.82, 2.24) is 19.5 Å². The highest BCUT2D eigenvalue weighted by atomic mass is 32.2. The van der Waals surface area contributed by atoms with Gasteiger partial charge in [0.1, 0.15) is 11.9 Å². The van der Waals surface area contributed by atoms with E-state index >= 15 is 0 Å². The lowest BCUT2D eigenvalue weighted by Crippen LogP contribution is -2.38. The van der Waals surface area contributed by atoms with Gasteiger partial charge < -0.3 is 0 Å². The largest absolute Gasteiger partial charge is 0.263 e. The Morgan fingerprint density at radius 3 is 2.61 bits per heavy atom. The van der Waals surface area contributed by atoms with Gasteiger partial charge in [0, 0.05) is 19.0 Å². The van der Waals surface area contributed by atoms with Crippen LogP contribution in [0.15, 0.2) is 29.2 Å². The van der Waals surface area contributed by atoms with E-state index in [-0.39, 0.29) is 16.4 Å². The third-order valence-corrected chi connectivity index (χ3v) is 6.02. The van der Waals surface area contributed by atoms with Crippen molar-refractivity contribution in [3.05, 3.63) is 41.5 Å². The van der Waals surface area contributed by atoms with Crippen LogP contribution in [0.4, 0.5) is 0 Å². The lowest BCUT2D eigenvalue weighted by molar-refractivity contribution is 0.313. The molecule has 0 bridgehead atoms. The minimum absolute atomic E-state index is 0.0784. The van der Waals surface area contributed by atoms with Gasteiger partial charge in [-0.15, -0.1) is 0 Å². The van der Waals surface area contributed by atoms with Crippen LogP contribution in [0, 0.1) is 18.3 Å². The Kier molecular flexibility index (Phi) is 4.15. The van der Waals surface area contributed by atoms with E-state index in [1.165, 1.54) is 16.4 Å². The summed E-state index contributed by atoms with van der Waals surface area (Å²) in [5, 5.41) is 16.1. The van der Waals surface area contributed by atoms with E-state index < -0.39 is 10.0 Å². The first-order valence-corrected chi connectivity index (χ1v) is 8.84. The Hall–Kier alpha value is -2.24.